The molecule has 136 valence electrons. The second-order valence-electron chi connectivity index (χ2n) is 6.12. The maximum Gasteiger partial charge on any atom is 0.231 e. The summed E-state index contributed by atoms with van der Waals surface area (Å²) in [4.78, 5) is 12.3. The Kier molecular flexibility index (Phi) is 4.66. The molecule has 1 aliphatic heterocycles. The highest BCUT2D eigenvalue weighted by Gasteiger charge is 2.15. The second kappa shape index (κ2) is 7.41. The van der Waals surface area contributed by atoms with E-state index in [-0.39, 0.29) is 12.6 Å². The molecule has 3 aromatic rings. The van der Waals surface area contributed by atoms with E-state index in [1.54, 1.807) is 30.3 Å². The molecule has 0 atom stereocenters. The standard InChI is InChI=1S/C22H18O5/c1-15-4-2-3-5-20(15)24-13-18-8-7-17(27-18)9-10-19(23)16-6-11-21-22(12-16)26-14-25-21/h2-12H,13-14H2,1H3/b10-9+. The number of allylic oxidation sites excluding steroid dienone is 1. The van der Waals surface area contributed by atoms with Crippen molar-refractivity contribution in [2.75, 3.05) is 6.79 Å². The lowest BCUT2D eigenvalue weighted by molar-refractivity contribution is 0.104. The molecule has 2 aromatic carbocycles. The van der Waals surface area contributed by atoms with Gasteiger partial charge in [-0.3, -0.25) is 4.79 Å². The summed E-state index contributed by atoms with van der Waals surface area (Å²) >= 11 is 0. The minimum absolute atomic E-state index is 0.137. The normalized spacial score (nSPS) is 12.5. The molecule has 0 N–H and O–H groups in total. The Morgan fingerprint density at radius 3 is 2.81 bits per heavy atom. The molecule has 0 spiro atoms. The van der Waals surface area contributed by atoms with Gasteiger partial charge in [-0.25, -0.2) is 0 Å². The van der Waals surface area contributed by atoms with E-state index in [1.807, 2.05) is 37.3 Å². The van der Waals surface area contributed by atoms with Gasteiger partial charge in [0.05, 0.1) is 0 Å². The highest BCUT2D eigenvalue weighted by Crippen LogP contribution is 2.32. The third-order valence-corrected chi connectivity index (χ3v) is 4.20. The van der Waals surface area contributed by atoms with Crippen molar-refractivity contribution in [2.24, 2.45) is 0 Å². The van der Waals surface area contributed by atoms with Crippen molar-refractivity contribution in [3.8, 4) is 17.2 Å². The Hall–Kier alpha value is -3.47. The smallest absolute Gasteiger partial charge is 0.231 e. The summed E-state index contributed by atoms with van der Waals surface area (Å²) in [7, 11) is 0. The first-order valence-corrected chi connectivity index (χ1v) is 8.58. The van der Waals surface area contributed by atoms with Gasteiger partial charge in [-0.1, -0.05) is 18.2 Å². The largest absolute Gasteiger partial charge is 0.485 e. The van der Waals surface area contributed by atoms with Crippen molar-refractivity contribution in [3.63, 3.8) is 0 Å². The molecule has 2 heterocycles. The fourth-order valence-corrected chi connectivity index (χ4v) is 2.73. The van der Waals surface area contributed by atoms with Crippen molar-refractivity contribution < 1.29 is 23.4 Å². The molecule has 4 rings (SSSR count). The number of furan rings is 1. The van der Waals surface area contributed by atoms with Crippen LogP contribution in [0.25, 0.3) is 6.08 Å². The Morgan fingerprint density at radius 2 is 1.93 bits per heavy atom. The second-order valence-corrected chi connectivity index (χ2v) is 6.12. The molecule has 0 saturated heterocycles. The van der Waals surface area contributed by atoms with Gasteiger partial charge >= 0.3 is 0 Å². The maximum absolute atomic E-state index is 12.3. The number of aryl methyl sites for hydroxylation is 1. The number of hydrogen-bond donors (Lipinski definition) is 0. The van der Waals surface area contributed by atoms with Crippen molar-refractivity contribution in [3.05, 3.63) is 83.3 Å². The van der Waals surface area contributed by atoms with E-state index < -0.39 is 0 Å². The summed E-state index contributed by atoms with van der Waals surface area (Å²) in [6, 6.07) is 16.6. The van der Waals surface area contributed by atoms with E-state index in [0.29, 0.717) is 35.2 Å². The lowest BCUT2D eigenvalue weighted by atomic mass is 10.1. The highest BCUT2D eigenvalue weighted by molar-refractivity contribution is 6.07. The molecular formula is C22H18O5. The van der Waals surface area contributed by atoms with Crippen molar-refractivity contribution >= 4 is 11.9 Å². The van der Waals surface area contributed by atoms with E-state index in [4.69, 9.17) is 18.6 Å². The number of para-hydroxylation sites is 1. The van der Waals surface area contributed by atoms with Gasteiger partial charge in [-0.2, -0.15) is 0 Å². The van der Waals surface area contributed by atoms with E-state index in [9.17, 15) is 4.79 Å². The van der Waals surface area contributed by atoms with Crippen LogP contribution in [0.1, 0.15) is 27.4 Å². The molecule has 1 aliphatic rings. The van der Waals surface area contributed by atoms with Crippen LogP contribution in [0.3, 0.4) is 0 Å². The number of carbonyl (C=O) groups is 1. The zero-order chi connectivity index (χ0) is 18.6. The molecule has 0 unspecified atom stereocenters. The third-order valence-electron chi connectivity index (χ3n) is 4.20. The van der Waals surface area contributed by atoms with Crippen molar-refractivity contribution in [1.82, 2.24) is 0 Å². The molecule has 5 heteroatoms. The van der Waals surface area contributed by atoms with Crippen LogP contribution in [0.4, 0.5) is 0 Å². The van der Waals surface area contributed by atoms with Gasteiger partial charge in [-0.05, 0) is 61.0 Å². The van der Waals surface area contributed by atoms with E-state index in [1.165, 1.54) is 6.08 Å². The van der Waals surface area contributed by atoms with Gasteiger partial charge < -0.3 is 18.6 Å². The van der Waals surface area contributed by atoms with Crippen LogP contribution in [0.2, 0.25) is 0 Å². The van der Waals surface area contributed by atoms with Gasteiger partial charge in [0.25, 0.3) is 0 Å². The maximum atomic E-state index is 12.3. The Balaban J connectivity index is 1.38. The predicted octanol–water partition coefficient (Wildman–Crippen LogP) is 4.79. The number of carbonyl (C=O) groups excluding carboxylic acids is 1. The number of ether oxygens (including phenoxy) is 3. The SMILES string of the molecule is Cc1ccccc1OCc1ccc(/C=C/C(=O)c2ccc3c(c2)OCO3)o1. The minimum Gasteiger partial charge on any atom is -0.485 e. The van der Waals surface area contributed by atoms with Crippen LogP contribution < -0.4 is 14.2 Å². The lowest BCUT2D eigenvalue weighted by Crippen LogP contribution is -1.95. The number of benzene rings is 2. The van der Waals surface area contributed by atoms with Gasteiger partial charge in [-0.15, -0.1) is 0 Å². The minimum atomic E-state index is -0.137. The van der Waals surface area contributed by atoms with E-state index in [0.717, 1.165) is 11.3 Å². The van der Waals surface area contributed by atoms with Gasteiger partial charge in [0.2, 0.25) is 6.79 Å². The van der Waals surface area contributed by atoms with Crippen LogP contribution in [0.15, 0.2) is 65.1 Å². The summed E-state index contributed by atoms with van der Waals surface area (Å²) in [5, 5.41) is 0. The monoisotopic (exact) mass is 362 g/mol. The van der Waals surface area contributed by atoms with Gasteiger partial charge in [0.1, 0.15) is 23.9 Å². The number of ketones is 1. The third kappa shape index (κ3) is 3.87. The average molecular weight is 362 g/mol. The Labute approximate surface area is 156 Å². The first-order valence-electron chi connectivity index (χ1n) is 8.58. The van der Waals surface area contributed by atoms with Crippen LogP contribution in [-0.4, -0.2) is 12.6 Å². The number of fused-ring (bicyclic) bond motifs is 1. The van der Waals surface area contributed by atoms with E-state index in [2.05, 4.69) is 0 Å². The zero-order valence-electron chi connectivity index (χ0n) is 14.8. The predicted molar refractivity (Wildman–Crippen MR) is 100 cm³/mol. The van der Waals surface area contributed by atoms with Crippen LogP contribution in [-0.2, 0) is 6.61 Å². The molecule has 1 aromatic heterocycles. The average Bonchev–Trinajstić information content (AvgIpc) is 3.34. The molecular weight excluding hydrogens is 344 g/mol. The Morgan fingerprint density at radius 1 is 1.07 bits per heavy atom. The molecule has 0 fully saturated rings. The molecule has 5 nitrogen and oxygen atoms in total. The summed E-state index contributed by atoms with van der Waals surface area (Å²) in [6.45, 7) is 2.50. The zero-order valence-corrected chi connectivity index (χ0v) is 14.8. The van der Waals surface area contributed by atoms with Crippen LogP contribution >= 0.6 is 0 Å². The van der Waals surface area contributed by atoms with Crippen LogP contribution in [0, 0.1) is 6.92 Å². The summed E-state index contributed by atoms with van der Waals surface area (Å²) < 4.78 is 22.0. The Bertz CT molecular complexity index is 999. The molecule has 0 bridgehead atoms. The first-order chi connectivity index (χ1) is 13.2. The summed E-state index contributed by atoms with van der Waals surface area (Å²) in [5.74, 6) is 3.20. The fourth-order valence-electron chi connectivity index (χ4n) is 2.73. The van der Waals surface area contributed by atoms with E-state index >= 15 is 0 Å². The lowest BCUT2D eigenvalue weighted by Gasteiger charge is -2.06. The number of hydrogen-bond acceptors (Lipinski definition) is 5. The molecule has 0 radical (unpaired) electrons. The van der Waals surface area contributed by atoms with Crippen molar-refractivity contribution in [1.29, 1.82) is 0 Å². The summed E-state index contributed by atoms with van der Waals surface area (Å²) in [6.07, 6.45) is 3.12. The van der Waals surface area contributed by atoms with Gasteiger partial charge in [0, 0.05) is 5.56 Å². The summed E-state index contributed by atoms with van der Waals surface area (Å²) in [5.41, 5.74) is 1.60. The van der Waals surface area contributed by atoms with Crippen molar-refractivity contribution in [2.45, 2.75) is 13.5 Å². The van der Waals surface area contributed by atoms with Gasteiger partial charge in [0.15, 0.2) is 17.3 Å². The number of rotatable bonds is 6. The molecule has 0 saturated carbocycles. The first kappa shape index (κ1) is 17.0. The topological polar surface area (TPSA) is 57.9 Å². The molecule has 0 aliphatic carbocycles. The molecule has 0 amide bonds. The fraction of sp³-hybridized carbons (Fsp3) is 0.136. The molecule has 27 heavy (non-hydrogen) atoms. The quantitative estimate of drug-likeness (QED) is 0.466. The van der Waals surface area contributed by atoms with Crippen LogP contribution in [0.5, 0.6) is 17.2 Å². The highest BCUT2D eigenvalue weighted by atomic mass is 16.7.